The summed E-state index contributed by atoms with van der Waals surface area (Å²) in [7, 11) is 0. The molecule has 1 fully saturated rings. The number of rotatable bonds is 2. The number of aromatic nitrogens is 2. The lowest BCUT2D eigenvalue weighted by atomic mass is 10.1. The van der Waals surface area contributed by atoms with Gasteiger partial charge in [-0.05, 0) is 12.3 Å². The van der Waals surface area contributed by atoms with Crippen molar-refractivity contribution in [3.05, 3.63) is 17.6 Å². The largest absolute Gasteiger partial charge is 0.387 e. The van der Waals surface area contributed by atoms with Gasteiger partial charge in [0, 0.05) is 31.7 Å². The monoisotopic (exact) mass is 334 g/mol. The number of anilines is 1. The fourth-order valence-electron chi connectivity index (χ4n) is 2.99. The second-order valence-electron chi connectivity index (χ2n) is 5.28. The van der Waals surface area contributed by atoms with Crippen molar-refractivity contribution in [2.24, 2.45) is 0 Å². The Balaban J connectivity index is 0.00000110. The molecule has 1 saturated heterocycles. The highest BCUT2D eigenvalue weighted by atomic mass is 35.5. The molecule has 3 rings (SSSR count). The number of hydrogen-bond acceptors (Lipinski definition) is 5. The van der Waals surface area contributed by atoms with E-state index in [1.165, 1.54) is 6.33 Å². The summed E-state index contributed by atoms with van der Waals surface area (Å²) in [5, 5.41) is 9.99. The van der Waals surface area contributed by atoms with Gasteiger partial charge in [-0.25, -0.2) is 9.97 Å². The van der Waals surface area contributed by atoms with Gasteiger partial charge in [0.25, 0.3) is 0 Å². The minimum absolute atomic E-state index is 0. The van der Waals surface area contributed by atoms with Crippen LogP contribution in [-0.2, 0) is 4.79 Å². The summed E-state index contributed by atoms with van der Waals surface area (Å²) in [6.07, 6.45) is 2.67. The summed E-state index contributed by atoms with van der Waals surface area (Å²) in [6.45, 7) is 5.11. The zero-order valence-electron chi connectivity index (χ0n) is 11.8. The van der Waals surface area contributed by atoms with Gasteiger partial charge in [-0.3, -0.25) is 4.79 Å². The van der Waals surface area contributed by atoms with Crippen molar-refractivity contribution < 1.29 is 9.90 Å². The maximum absolute atomic E-state index is 10.7. The van der Waals surface area contributed by atoms with Crippen molar-refractivity contribution in [1.82, 2.24) is 14.9 Å². The molecule has 1 amide bonds. The van der Waals surface area contributed by atoms with Crippen LogP contribution in [0.2, 0.25) is 0 Å². The smallest absolute Gasteiger partial charge is 0.209 e. The van der Waals surface area contributed by atoms with Crippen LogP contribution in [-0.4, -0.2) is 52.6 Å². The van der Waals surface area contributed by atoms with E-state index in [4.69, 9.17) is 0 Å². The van der Waals surface area contributed by atoms with Crippen molar-refractivity contribution in [3.8, 4) is 0 Å². The lowest BCUT2D eigenvalue weighted by Crippen LogP contribution is -2.46. The van der Waals surface area contributed by atoms with E-state index in [2.05, 4.69) is 21.8 Å². The Bertz CT molecular complexity index is 495. The number of fused-ring (bicyclic) bond motifs is 1. The Hall–Kier alpha value is -1.11. The van der Waals surface area contributed by atoms with Gasteiger partial charge < -0.3 is 14.9 Å². The molecular formula is C13H20Cl2N4O2. The molecule has 2 aliphatic rings. The van der Waals surface area contributed by atoms with Crippen LogP contribution < -0.4 is 4.90 Å². The number of amides is 1. The van der Waals surface area contributed by atoms with Gasteiger partial charge in [-0.2, -0.15) is 0 Å². The van der Waals surface area contributed by atoms with Crippen molar-refractivity contribution in [2.45, 2.75) is 25.4 Å². The van der Waals surface area contributed by atoms with E-state index in [9.17, 15) is 9.90 Å². The van der Waals surface area contributed by atoms with Gasteiger partial charge in [0.1, 0.15) is 12.1 Å². The second-order valence-corrected chi connectivity index (χ2v) is 5.28. The Morgan fingerprint density at radius 1 is 1.24 bits per heavy atom. The first-order chi connectivity index (χ1) is 9.20. The van der Waals surface area contributed by atoms with Crippen LogP contribution >= 0.6 is 24.8 Å². The van der Waals surface area contributed by atoms with Gasteiger partial charge in [0.15, 0.2) is 0 Å². The summed E-state index contributed by atoms with van der Waals surface area (Å²) in [5.74, 6) is 1.21. The summed E-state index contributed by atoms with van der Waals surface area (Å²) in [5.41, 5.74) is 1.85. The summed E-state index contributed by atoms with van der Waals surface area (Å²) < 4.78 is 0. The van der Waals surface area contributed by atoms with Gasteiger partial charge >= 0.3 is 0 Å². The minimum Gasteiger partial charge on any atom is -0.387 e. The number of aliphatic hydroxyl groups is 1. The van der Waals surface area contributed by atoms with Crippen LogP contribution in [0.1, 0.15) is 36.6 Å². The van der Waals surface area contributed by atoms with Crippen LogP contribution in [0.4, 0.5) is 5.82 Å². The predicted molar refractivity (Wildman–Crippen MR) is 84.4 cm³/mol. The van der Waals surface area contributed by atoms with E-state index in [-0.39, 0.29) is 30.7 Å². The maximum atomic E-state index is 10.7. The van der Waals surface area contributed by atoms with E-state index in [0.29, 0.717) is 0 Å². The average molecular weight is 335 g/mol. The molecule has 6 nitrogen and oxygen atoms in total. The van der Waals surface area contributed by atoms with Crippen molar-refractivity contribution >= 4 is 37.0 Å². The normalized spacial score (nSPS) is 23.9. The van der Waals surface area contributed by atoms with E-state index in [1.807, 2.05) is 0 Å². The minimum atomic E-state index is -0.469. The first-order valence-corrected chi connectivity index (χ1v) is 6.68. The summed E-state index contributed by atoms with van der Waals surface area (Å²) >= 11 is 0. The number of hydrogen-bond donors (Lipinski definition) is 1. The molecule has 0 radical (unpaired) electrons. The third-order valence-corrected chi connectivity index (χ3v) is 4.04. The highest BCUT2D eigenvalue weighted by molar-refractivity contribution is 5.85. The van der Waals surface area contributed by atoms with Crippen LogP contribution in [0.25, 0.3) is 0 Å². The molecule has 0 spiro atoms. The second kappa shape index (κ2) is 7.24. The highest BCUT2D eigenvalue weighted by Gasteiger charge is 2.33. The molecule has 2 atom stereocenters. The molecule has 1 aromatic heterocycles. The molecule has 8 heteroatoms. The van der Waals surface area contributed by atoms with Crippen LogP contribution in [0, 0.1) is 0 Å². The fourth-order valence-corrected chi connectivity index (χ4v) is 2.99. The third kappa shape index (κ3) is 3.22. The van der Waals surface area contributed by atoms with Crippen LogP contribution in [0.5, 0.6) is 0 Å². The molecule has 1 N–H and O–H groups in total. The van der Waals surface area contributed by atoms with Gasteiger partial charge in [-0.15, -0.1) is 24.8 Å². The van der Waals surface area contributed by atoms with E-state index in [0.717, 1.165) is 56.1 Å². The molecule has 1 aromatic rings. The van der Waals surface area contributed by atoms with E-state index >= 15 is 0 Å². The highest BCUT2D eigenvalue weighted by Crippen LogP contribution is 2.42. The Labute approximate surface area is 136 Å². The van der Waals surface area contributed by atoms with Gasteiger partial charge in [0.05, 0.1) is 11.8 Å². The zero-order valence-corrected chi connectivity index (χ0v) is 13.4. The maximum Gasteiger partial charge on any atom is 0.209 e. The molecule has 0 saturated carbocycles. The molecule has 0 aromatic carbocycles. The molecule has 118 valence electrons. The van der Waals surface area contributed by atoms with E-state index in [1.54, 1.807) is 4.90 Å². The fraction of sp³-hybridized carbons (Fsp3) is 0.615. The van der Waals surface area contributed by atoms with E-state index < -0.39 is 6.10 Å². The van der Waals surface area contributed by atoms with Crippen molar-refractivity contribution in [1.29, 1.82) is 0 Å². The molecule has 1 aliphatic heterocycles. The number of nitrogens with zero attached hydrogens (tertiary/aromatic N) is 4. The number of carbonyl (C=O) groups excluding carboxylic acids is 1. The molecule has 21 heavy (non-hydrogen) atoms. The molecule has 1 aliphatic carbocycles. The molecular weight excluding hydrogens is 315 g/mol. The molecule has 2 heterocycles. The first-order valence-electron chi connectivity index (χ1n) is 6.68. The van der Waals surface area contributed by atoms with Gasteiger partial charge in [0.2, 0.25) is 6.41 Å². The van der Waals surface area contributed by atoms with Crippen LogP contribution in [0.3, 0.4) is 0 Å². The standard InChI is InChI=1S/C13H18N4O2.2ClH/c1-9-6-10(19)12-11(9)13(15-7-14-12)17-4-2-16(8-18)3-5-17;;/h7-10,19H,2-6H2,1H3;2*1H/t9-,10-;;/m1../s1. The SMILES string of the molecule is C[C@@H]1C[C@@H](O)c2ncnc(N3CCN(C=O)CC3)c21.Cl.Cl. The summed E-state index contributed by atoms with van der Waals surface area (Å²) in [6, 6.07) is 0. The zero-order chi connectivity index (χ0) is 13.4. The third-order valence-electron chi connectivity index (χ3n) is 4.04. The Morgan fingerprint density at radius 3 is 2.52 bits per heavy atom. The number of halogens is 2. The predicted octanol–water partition coefficient (Wildman–Crippen LogP) is 1.14. The lowest BCUT2D eigenvalue weighted by molar-refractivity contribution is -0.118. The molecule has 0 bridgehead atoms. The van der Waals surface area contributed by atoms with Gasteiger partial charge in [-0.1, -0.05) is 6.92 Å². The summed E-state index contributed by atoms with van der Waals surface area (Å²) in [4.78, 5) is 23.3. The van der Waals surface area contributed by atoms with Crippen molar-refractivity contribution in [3.63, 3.8) is 0 Å². The number of piperazine rings is 1. The van der Waals surface area contributed by atoms with Crippen LogP contribution in [0.15, 0.2) is 6.33 Å². The number of carbonyl (C=O) groups is 1. The first kappa shape index (κ1) is 17.9. The topological polar surface area (TPSA) is 69.6 Å². The van der Waals surface area contributed by atoms with Crippen molar-refractivity contribution in [2.75, 3.05) is 31.1 Å². The Kier molecular flexibility index (Phi) is 6.19. The lowest BCUT2D eigenvalue weighted by Gasteiger charge is -2.34. The number of aliphatic hydroxyl groups excluding tert-OH is 1. The quantitative estimate of drug-likeness (QED) is 0.821. The molecule has 0 unspecified atom stereocenters. The Morgan fingerprint density at radius 2 is 1.90 bits per heavy atom. The average Bonchev–Trinajstić information content (AvgIpc) is 2.74.